The number of methoxy groups -OCH3 is 1. The minimum absolute atomic E-state index is 0.0511. The van der Waals surface area contributed by atoms with Crippen LogP contribution >= 0.6 is 0 Å². The van der Waals surface area contributed by atoms with Crippen LogP contribution in [0.3, 0.4) is 0 Å². The molecule has 0 aromatic heterocycles. The third-order valence-electron chi connectivity index (χ3n) is 9.22. The summed E-state index contributed by atoms with van der Waals surface area (Å²) in [5.74, 6) is -1.65. The van der Waals surface area contributed by atoms with E-state index in [1.165, 1.54) is 42.3 Å². The van der Waals surface area contributed by atoms with E-state index in [4.69, 9.17) is 9.47 Å². The molecule has 2 aromatic carbocycles. The highest BCUT2D eigenvalue weighted by atomic mass is 19.1. The summed E-state index contributed by atoms with van der Waals surface area (Å²) in [6.45, 7) is 4.55. The van der Waals surface area contributed by atoms with E-state index >= 15 is 0 Å². The molecule has 4 rings (SSSR count). The summed E-state index contributed by atoms with van der Waals surface area (Å²) >= 11 is 0. The van der Waals surface area contributed by atoms with Gasteiger partial charge in [0.25, 0.3) is 5.91 Å². The zero-order valence-corrected chi connectivity index (χ0v) is 26.7. The molecular formula is C35H48F2N2O6. The molecule has 1 saturated heterocycles. The Morgan fingerprint density at radius 3 is 2.42 bits per heavy atom. The minimum Gasteiger partial charge on any atom is -0.388 e. The molecule has 1 heterocycles. The van der Waals surface area contributed by atoms with E-state index in [-0.39, 0.29) is 37.1 Å². The molecule has 45 heavy (non-hydrogen) atoms. The van der Waals surface area contributed by atoms with Gasteiger partial charge in [-0.05, 0) is 67.9 Å². The van der Waals surface area contributed by atoms with Gasteiger partial charge in [0.2, 0.25) is 5.91 Å². The molecule has 2 aromatic rings. The fourth-order valence-electron chi connectivity index (χ4n) is 6.84. The summed E-state index contributed by atoms with van der Waals surface area (Å²) in [7, 11) is 1.38. The standard InChI is InChI=1S/C35H48F2N2O6/c1-24(2)19-27-21-38(33(42)28-13-4-5-14-29(28)37)22-31(44-3)32(41)30(40)23-45-18-9-8-17-39(27)34(43)35(15-6-7-16-35)25-11-10-12-26(36)20-25/h4-5,10-14,20,24,27,30-32,40-41H,6-9,15-19,21-23H2,1-3H3/t27-,30-,31-,32-/m1/s1. The highest BCUT2D eigenvalue weighted by Gasteiger charge is 2.47. The van der Waals surface area contributed by atoms with Crippen LogP contribution in [-0.2, 0) is 19.7 Å². The van der Waals surface area contributed by atoms with Crippen LogP contribution in [0, 0.1) is 17.6 Å². The first-order valence-electron chi connectivity index (χ1n) is 16.1. The zero-order valence-electron chi connectivity index (χ0n) is 26.7. The second kappa shape index (κ2) is 16.1. The van der Waals surface area contributed by atoms with Gasteiger partial charge in [0.1, 0.15) is 29.9 Å². The lowest BCUT2D eigenvalue weighted by molar-refractivity contribution is -0.141. The van der Waals surface area contributed by atoms with Crippen molar-refractivity contribution in [2.24, 2.45) is 5.92 Å². The van der Waals surface area contributed by atoms with Crippen LogP contribution in [-0.4, -0.2) is 96.1 Å². The smallest absolute Gasteiger partial charge is 0.256 e. The van der Waals surface area contributed by atoms with Crippen LogP contribution in [0.4, 0.5) is 8.78 Å². The van der Waals surface area contributed by atoms with Crippen molar-refractivity contribution in [1.29, 1.82) is 0 Å². The Morgan fingerprint density at radius 2 is 1.76 bits per heavy atom. The van der Waals surface area contributed by atoms with Gasteiger partial charge < -0.3 is 29.5 Å². The molecule has 8 nitrogen and oxygen atoms in total. The fraction of sp³-hybridized carbons (Fsp3) is 0.600. The van der Waals surface area contributed by atoms with E-state index in [1.807, 2.05) is 24.8 Å². The highest BCUT2D eigenvalue weighted by Crippen LogP contribution is 2.43. The summed E-state index contributed by atoms with van der Waals surface area (Å²) in [4.78, 5) is 32.2. The van der Waals surface area contributed by atoms with Gasteiger partial charge in [-0.25, -0.2) is 8.78 Å². The SMILES string of the molecule is CO[C@@H]1CN(C(=O)c2ccccc2F)C[C@@H](CC(C)C)N(C(=O)C2(c3cccc(F)c3)CCCC2)CCCCOC[C@@H](O)[C@H]1O. The number of rotatable bonds is 6. The number of halogens is 2. The van der Waals surface area contributed by atoms with Crippen molar-refractivity contribution < 1.29 is 38.1 Å². The van der Waals surface area contributed by atoms with Gasteiger partial charge in [0.05, 0.1) is 17.6 Å². The number of aliphatic hydroxyl groups excluding tert-OH is 2. The molecule has 2 fully saturated rings. The summed E-state index contributed by atoms with van der Waals surface area (Å²) in [5, 5.41) is 21.6. The van der Waals surface area contributed by atoms with Crippen molar-refractivity contribution in [2.75, 3.05) is 40.0 Å². The second-order valence-electron chi connectivity index (χ2n) is 12.9. The number of carbonyl (C=O) groups excluding carboxylic acids is 2. The number of carbonyl (C=O) groups is 2. The average Bonchev–Trinajstić information content (AvgIpc) is 3.52. The molecule has 248 valence electrons. The number of aliphatic hydroxyl groups is 2. The maximum Gasteiger partial charge on any atom is 0.256 e. The quantitative estimate of drug-likeness (QED) is 0.480. The normalized spacial score (nSPS) is 25.2. The molecule has 2 aliphatic rings. The predicted molar refractivity (Wildman–Crippen MR) is 167 cm³/mol. The topological polar surface area (TPSA) is 99.5 Å². The van der Waals surface area contributed by atoms with E-state index < -0.39 is 47.3 Å². The van der Waals surface area contributed by atoms with E-state index in [9.17, 15) is 28.6 Å². The van der Waals surface area contributed by atoms with Crippen LogP contribution < -0.4 is 0 Å². The van der Waals surface area contributed by atoms with Crippen LogP contribution in [0.2, 0.25) is 0 Å². The van der Waals surface area contributed by atoms with Crippen molar-refractivity contribution in [2.45, 2.75) is 88.6 Å². The van der Waals surface area contributed by atoms with Crippen LogP contribution in [0.1, 0.15) is 74.7 Å². The Bertz CT molecular complexity index is 1270. The molecule has 1 aliphatic heterocycles. The van der Waals surface area contributed by atoms with Crippen LogP contribution in [0.5, 0.6) is 0 Å². The average molecular weight is 631 g/mol. The van der Waals surface area contributed by atoms with Gasteiger partial charge in [-0.3, -0.25) is 9.59 Å². The molecule has 0 unspecified atom stereocenters. The molecule has 0 radical (unpaired) electrons. The van der Waals surface area contributed by atoms with Crippen molar-refractivity contribution in [3.05, 3.63) is 71.3 Å². The van der Waals surface area contributed by atoms with Gasteiger partial charge in [0.15, 0.2) is 0 Å². The summed E-state index contributed by atoms with van der Waals surface area (Å²) < 4.78 is 40.7. The lowest BCUT2D eigenvalue weighted by Gasteiger charge is -2.42. The van der Waals surface area contributed by atoms with Gasteiger partial charge in [-0.1, -0.05) is 51.0 Å². The lowest BCUT2D eigenvalue weighted by atomic mass is 9.77. The monoisotopic (exact) mass is 630 g/mol. The number of hydrogen-bond donors (Lipinski definition) is 2. The summed E-state index contributed by atoms with van der Waals surface area (Å²) in [6.07, 6.45) is 0.948. The zero-order chi connectivity index (χ0) is 32.6. The number of benzene rings is 2. The Morgan fingerprint density at radius 1 is 1.02 bits per heavy atom. The Labute approximate surface area is 265 Å². The first-order valence-corrected chi connectivity index (χ1v) is 16.1. The van der Waals surface area contributed by atoms with Gasteiger partial charge in [-0.2, -0.15) is 0 Å². The Hall–Kier alpha value is -2.92. The van der Waals surface area contributed by atoms with E-state index in [0.717, 1.165) is 12.8 Å². The molecule has 2 N–H and O–H groups in total. The predicted octanol–water partition coefficient (Wildman–Crippen LogP) is 4.71. The van der Waals surface area contributed by atoms with Crippen LogP contribution in [0.15, 0.2) is 48.5 Å². The summed E-state index contributed by atoms with van der Waals surface area (Å²) in [5.41, 5.74) is -0.374. The lowest BCUT2D eigenvalue weighted by Crippen LogP contribution is -2.56. The van der Waals surface area contributed by atoms with Crippen molar-refractivity contribution in [3.8, 4) is 0 Å². The molecule has 4 atom stereocenters. The number of nitrogens with zero attached hydrogens (tertiary/aromatic N) is 2. The van der Waals surface area contributed by atoms with E-state index in [0.29, 0.717) is 50.8 Å². The third kappa shape index (κ3) is 8.47. The third-order valence-corrected chi connectivity index (χ3v) is 9.22. The van der Waals surface area contributed by atoms with Crippen molar-refractivity contribution >= 4 is 11.8 Å². The number of ether oxygens (including phenoxy) is 2. The van der Waals surface area contributed by atoms with E-state index in [1.54, 1.807) is 12.1 Å². The maximum atomic E-state index is 15.0. The Balaban J connectivity index is 1.79. The molecule has 1 saturated carbocycles. The van der Waals surface area contributed by atoms with Crippen molar-refractivity contribution in [3.63, 3.8) is 0 Å². The minimum atomic E-state index is -1.38. The van der Waals surface area contributed by atoms with Gasteiger partial charge >= 0.3 is 0 Å². The van der Waals surface area contributed by atoms with Gasteiger partial charge in [-0.15, -0.1) is 0 Å². The molecule has 0 bridgehead atoms. The largest absolute Gasteiger partial charge is 0.388 e. The highest BCUT2D eigenvalue weighted by molar-refractivity contribution is 5.94. The first kappa shape index (κ1) is 34.9. The molecule has 1 aliphatic carbocycles. The van der Waals surface area contributed by atoms with Crippen molar-refractivity contribution in [1.82, 2.24) is 9.80 Å². The second-order valence-corrected chi connectivity index (χ2v) is 12.9. The molecule has 2 amide bonds. The molecular weight excluding hydrogens is 582 g/mol. The first-order chi connectivity index (χ1) is 21.6. The molecule has 10 heteroatoms. The Kier molecular flexibility index (Phi) is 12.5. The summed E-state index contributed by atoms with van der Waals surface area (Å²) in [6, 6.07) is 11.5. The van der Waals surface area contributed by atoms with Crippen LogP contribution in [0.25, 0.3) is 0 Å². The fourth-order valence-corrected chi connectivity index (χ4v) is 6.84. The number of hydrogen-bond acceptors (Lipinski definition) is 6. The molecule has 0 spiro atoms. The van der Waals surface area contributed by atoms with E-state index in [2.05, 4.69) is 0 Å². The van der Waals surface area contributed by atoms with Gasteiger partial charge in [0, 0.05) is 39.4 Å². The number of amides is 2. The maximum absolute atomic E-state index is 15.0.